The maximum atomic E-state index is 11.4. The highest BCUT2D eigenvalue weighted by Crippen LogP contribution is 2.29. The summed E-state index contributed by atoms with van der Waals surface area (Å²) in [6.07, 6.45) is 5.13. The molecule has 2 aliphatic rings. The van der Waals surface area contributed by atoms with Crippen molar-refractivity contribution in [2.75, 3.05) is 0 Å². The van der Waals surface area contributed by atoms with Gasteiger partial charge in [-0.25, -0.2) is 0 Å². The summed E-state index contributed by atoms with van der Waals surface area (Å²) in [4.78, 5) is 22.9. The van der Waals surface area contributed by atoms with Crippen molar-refractivity contribution in [2.45, 2.75) is 32.1 Å². The molecule has 1 saturated carbocycles. The number of hydrogen-bond acceptors (Lipinski definition) is 3. The van der Waals surface area contributed by atoms with Crippen LogP contribution in [0.1, 0.15) is 32.1 Å². The minimum absolute atomic E-state index is 0.328. The third kappa shape index (κ3) is 1.52. The lowest BCUT2D eigenvalue weighted by Gasteiger charge is -2.14. The Balaban J connectivity index is 2.35. The Morgan fingerprint density at radius 1 is 1.14 bits per heavy atom. The van der Waals surface area contributed by atoms with Gasteiger partial charge in [0.05, 0.1) is 4.91 Å². The van der Waals surface area contributed by atoms with Gasteiger partial charge in [-0.3, -0.25) is 19.7 Å². The van der Waals surface area contributed by atoms with Crippen LogP contribution in [0.25, 0.3) is 0 Å². The van der Waals surface area contributed by atoms with E-state index in [1.165, 1.54) is 6.42 Å². The second-order valence-electron chi connectivity index (χ2n) is 3.54. The van der Waals surface area contributed by atoms with Crippen LogP contribution in [0, 0.1) is 4.78 Å². The molecule has 0 aromatic carbocycles. The number of rotatable bonds is 0. The van der Waals surface area contributed by atoms with Crippen molar-refractivity contribution in [3.05, 3.63) is 10.5 Å². The fourth-order valence-corrected chi connectivity index (χ4v) is 3.01. The summed E-state index contributed by atoms with van der Waals surface area (Å²) in [6, 6.07) is 0. The van der Waals surface area contributed by atoms with Crippen molar-refractivity contribution in [3.63, 3.8) is 0 Å². The fourth-order valence-electron chi connectivity index (χ4n) is 1.90. The summed E-state index contributed by atoms with van der Waals surface area (Å²) in [5.74, 6) is -0.328. The molecule has 2 amide bonds. The first-order valence-corrected chi connectivity index (χ1v) is 5.95. The third-order valence-electron chi connectivity index (χ3n) is 2.59. The monoisotopic (exact) mass is 212 g/mol. The van der Waals surface area contributed by atoms with Gasteiger partial charge in [-0.15, -0.1) is 0 Å². The third-order valence-corrected chi connectivity index (χ3v) is 3.94. The summed E-state index contributed by atoms with van der Waals surface area (Å²) in [5.41, 5.74) is 1.04. The van der Waals surface area contributed by atoms with Gasteiger partial charge in [-0.2, -0.15) is 0 Å². The summed E-state index contributed by atoms with van der Waals surface area (Å²) in [7, 11) is -1.25. The van der Waals surface area contributed by atoms with Gasteiger partial charge in [0.15, 0.2) is 0 Å². The highest BCUT2D eigenvalue weighted by Gasteiger charge is 2.32. The van der Waals surface area contributed by atoms with Gasteiger partial charge in [0.1, 0.15) is 0 Å². The van der Waals surface area contributed by atoms with Crippen LogP contribution in [0.2, 0.25) is 0 Å². The van der Waals surface area contributed by atoms with Crippen LogP contribution < -0.4 is 5.32 Å². The lowest BCUT2D eigenvalue weighted by atomic mass is 9.94. The van der Waals surface area contributed by atoms with Crippen molar-refractivity contribution in [2.24, 2.45) is 0 Å². The van der Waals surface area contributed by atoms with Crippen LogP contribution in [0.4, 0.5) is 4.79 Å². The van der Waals surface area contributed by atoms with E-state index < -0.39 is 15.9 Å². The quantitative estimate of drug-likeness (QED) is 0.601. The molecule has 2 rings (SSSR count). The van der Waals surface area contributed by atoms with E-state index in [0.717, 1.165) is 31.3 Å². The molecule has 0 radical (unpaired) electrons. The topological polar surface area (TPSA) is 70.0 Å². The number of carbonyl (C=O) groups excluding carboxylic acids is 2. The van der Waals surface area contributed by atoms with Gasteiger partial charge < -0.3 is 0 Å². The summed E-state index contributed by atoms with van der Waals surface area (Å²) in [5, 5.41) is 1.76. The van der Waals surface area contributed by atoms with Gasteiger partial charge in [-0.1, -0.05) is 6.42 Å². The van der Waals surface area contributed by atoms with Crippen LogP contribution in [-0.2, 0) is 15.5 Å². The minimum Gasteiger partial charge on any atom is -0.281 e. The molecule has 4 nitrogen and oxygen atoms in total. The average Bonchev–Trinajstić information content (AvgIpc) is 2.43. The second-order valence-corrected chi connectivity index (χ2v) is 4.93. The summed E-state index contributed by atoms with van der Waals surface area (Å²) >= 11 is 0. The smallest absolute Gasteiger partial charge is 0.281 e. The SMILES string of the molecule is N=S1C(=O)NC(=O)C1=C1CCCCC1. The number of amides is 2. The van der Waals surface area contributed by atoms with E-state index in [4.69, 9.17) is 4.78 Å². The number of hydrogen-bond donors (Lipinski definition) is 2. The van der Waals surface area contributed by atoms with Gasteiger partial charge in [0.25, 0.3) is 5.91 Å². The molecule has 0 aromatic rings. The average molecular weight is 212 g/mol. The highest BCUT2D eigenvalue weighted by atomic mass is 32.2. The van der Waals surface area contributed by atoms with E-state index in [1.807, 2.05) is 0 Å². The number of imide groups is 1. The predicted molar refractivity (Wildman–Crippen MR) is 53.7 cm³/mol. The molecule has 2 fully saturated rings. The van der Waals surface area contributed by atoms with Crippen LogP contribution >= 0.6 is 0 Å². The van der Waals surface area contributed by atoms with Gasteiger partial charge in [0.2, 0.25) is 0 Å². The first kappa shape index (κ1) is 9.58. The predicted octanol–water partition coefficient (Wildman–Crippen LogP) is 1.84. The molecule has 5 heteroatoms. The molecule has 2 N–H and O–H groups in total. The standard InChI is InChI=1S/C9H12N2O2S/c10-14-7(8(12)11-9(14)13)6-4-2-1-3-5-6/h10H,1-5H2,(H,11,12,13). The highest BCUT2D eigenvalue weighted by molar-refractivity contribution is 8.06. The molecule has 0 spiro atoms. The van der Waals surface area contributed by atoms with Gasteiger partial charge >= 0.3 is 5.24 Å². The molecule has 0 bridgehead atoms. The molecule has 1 aliphatic carbocycles. The fraction of sp³-hybridized carbons (Fsp3) is 0.556. The number of allylic oxidation sites excluding steroid dienone is 1. The number of carbonyl (C=O) groups is 2. The van der Waals surface area contributed by atoms with Crippen molar-refractivity contribution in [1.82, 2.24) is 5.32 Å². The van der Waals surface area contributed by atoms with E-state index in [-0.39, 0.29) is 5.91 Å². The Labute approximate surface area is 84.6 Å². The first-order chi connectivity index (χ1) is 6.70. The van der Waals surface area contributed by atoms with Gasteiger partial charge in [-0.05, 0) is 31.3 Å². The lowest BCUT2D eigenvalue weighted by molar-refractivity contribution is -0.115. The zero-order valence-corrected chi connectivity index (χ0v) is 8.58. The van der Waals surface area contributed by atoms with Crippen molar-refractivity contribution in [1.29, 1.82) is 4.78 Å². The van der Waals surface area contributed by atoms with Gasteiger partial charge in [0, 0.05) is 10.7 Å². The zero-order valence-electron chi connectivity index (χ0n) is 7.76. The lowest BCUT2D eigenvalue weighted by Crippen LogP contribution is -2.19. The molecule has 1 saturated heterocycles. The molecular weight excluding hydrogens is 200 g/mol. The Morgan fingerprint density at radius 2 is 1.79 bits per heavy atom. The summed E-state index contributed by atoms with van der Waals surface area (Å²) < 4.78 is 7.60. The second kappa shape index (κ2) is 3.65. The Hall–Kier alpha value is -0.970. The molecule has 1 aliphatic heterocycles. The first-order valence-electron chi connectivity index (χ1n) is 4.73. The number of nitrogens with one attached hydrogen (secondary N) is 2. The van der Waals surface area contributed by atoms with E-state index in [9.17, 15) is 9.59 Å². The maximum absolute atomic E-state index is 11.4. The Morgan fingerprint density at radius 3 is 2.29 bits per heavy atom. The largest absolute Gasteiger partial charge is 0.301 e. The van der Waals surface area contributed by atoms with Crippen molar-refractivity contribution in [3.8, 4) is 0 Å². The van der Waals surface area contributed by atoms with Crippen molar-refractivity contribution >= 4 is 21.8 Å². The van der Waals surface area contributed by atoms with E-state index in [0.29, 0.717) is 4.91 Å². The molecular formula is C9H12N2O2S. The minimum atomic E-state index is -1.25. The normalized spacial score (nSPS) is 28.1. The van der Waals surface area contributed by atoms with Crippen LogP contribution in [0.15, 0.2) is 10.5 Å². The van der Waals surface area contributed by atoms with E-state index >= 15 is 0 Å². The van der Waals surface area contributed by atoms with E-state index in [1.54, 1.807) is 0 Å². The molecule has 1 unspecified atom stereocenters. The Bertz CT molecular complexity index is 352. The van der Waals surface area contributed by atoms with Crippen LogP contribution in [-0.4, -0.2) is 11.1 Å². The van der Waals surface area contributed by atoms with E-state index in [2.05, 4.69) is 5.32 Å². The summed E-state index contributed by atoms with van der Waals surface area (Å²) in [6.45, 7) is 0. The Kier molecular flexibility index (Phi) is 2.50. The molecule has 1 heterocycles. The zero-order chi connectivity index (χ0) is 10.1. The molecule has 1 atom stereocenters. The van der Waals surface area contributed by atoms with Crippen LogP contribution in [0.5, 0.6) is 0 Å². The van der Waals surface area contributed by atoms with Crippen molar-refractivity contribution < 1.29 is 9.59 Å². The maximum Gasteiger partial charge on any atom is 0.301 e. The molecule has 0 aromatic heterocycles. The molecule has 76 valence electrons. The van der Waals surface area contributed by atoms with Crippen LogP contribution in [0.3, 0.4) is 0 Å². The molecule has 14 heavy (non-hydrogen) atoms.